The maximum Gasteiger partial charge on any atom is 0.340 e. The van der Waals surface area contributed by atoms with Crippen LogP contribution in [0.4, 0.5) is 5.69 Å². The van der Waals surface area contributed by atoms with Crippen LogP contribution in [0.15, 0.2) is 12.1 Å². The summed E-state index contributed by atoms with van der Waals surface area (Å²) >= 11 is 0. The first-order chi connectivity index (χ1) is 9.51. The van der Waals surface area contributed by atoms with Crippen molar-refractivity contribution in [3.05, 3.63) is 28.8 Å². The first-order valence-corrected chi connectivity index (χ1v) is 7.57. The average molecular weight is 277 g/mol. The van der Waals surface area contributed by atoms with Crippen molar-refractivity contribution in [3.8, 4) is 0 Å². The van der Waals surface area contributed by atoms with E-state index >= 15 is 0 Å². The Morgan fingerprint density at radius 3 is 2.55 bits per heavy atom. The van der Waals surface area contributed by atoms with E-state index in [4.69, 9.17) is 10.5 Å². The van der Waals surface area contributed by atoms with Gasteiger partial charge in [-0.2, -0.15) is 0 Å². The molecule has 112 valence electrons. The minimum atomic E-state index is -0.297. The molecule has 3 nitrogen and oxygen atoms in total. The molecule has 0 saturated carbocycles. The van der Waals surface area contributed by atoms with Crippen LogP contribution >= 0.6 is 0 Å². The first-order valence-electron chi connectivity index (χ1n) is 7.57. The average Bonchev–Trinajstić information content (AvgIpc) is 2.43. The zero-order valence-corrected chi connectivity index (χ0v) is 13.2. The number of anilines is 1. The summed E-state index contributed by atoms with van der Waals surface area (Å²) in [5.41, 5.74) is 9.10. The van der Waals surface area contributed by atoms with E-state index in [1.165, 1.54) is 12.8 Å². The maximum absolute atomic E-state index is 12.2. The standard InChI is InChI=1S/C17H27NO2/c1-5-7-8-9-14(6-2)20-17(19)15-11-10-12(3)13(4)16(15)18/h10-11,14H,5-9,18H2,1-4H3. The fourth-order valence-corrected chi connectivity index (χ4v) is 2.20. The van der Waals surface area contributed by atoms with Crippen LogP contribution in [-0.4, -0.2) is 12.1 Å². The van der Waals surface area contributed by atoms with E-state index in [-0.39, 0.29) is 12.1 Å². The summed E-state index contributed by atoms with van der Waals surface area (Å²) in [6.07, 6.45) is 5.23. The van der Waals surface area contributed by atoms with Gasteiger partial charge in [-0.25, -0.2) is 4.79 Å². The lowest BCUT2D eigenvalue weighted by Crippen LogP contribution is -2.19. The van der Waals surface area contributed by atoms with Crippen molar-refractivity contribution in [2.24, 2.45) is 0 Å². The molecule has 0 saturated heterocycles. The summed E-state index contributed by atoms with van der Waals surface area (Å²) in [7, 11) is 0. The molecular weight excluding hydrogens is 250 g/mol. The van der Waals surface area contributed by atoms with Gasteiger partial charge in [0.25, 0.3) is 0 Å². The number of nitrogens with two attached hydrogens (primary N) is 1. The second-order valence-electron chi connectivity index (χ2n) is 5.40. The van der Waals surface area contributed by atoms with Crippen molar-refractivity contribution >= 4 is 11.7 Å². The number of aryl methyl sites for hydroxylation is 1. The number of rotatable bonds is 7. The van der Waals surface area contributed by atoms with Crippen molar-refractivity contribution in [1.82, 2.24) is 0 Å². The van der Waals surface area contributed by atoms with Crippen LogP contribution in [0.1, 0.15) is 67.4 Å². The summed E-state index contributed by atoms with van der Waals surface area (Å²) < 4.78 is 5.59. The molecule has 0 aliphatic heterocycles. The fourth-order valence-electron chi connectivity index (χ4n) is 2.20. The van der Waals surface area contributed by atoms with Gasteiger partial charge in [-0.15, -0.1) is 0 Å². The molecule has 1 rings (SSSR count). The number of benzene rings is 1. The smallest absolute Gasteiger partial charge is 0.340 e. The molecule has 0 bridgehead atoms. The minimum Gasteiger partial charge on any atom is -0.459 e. The van der Waals surface area contributed by atoms with Crippen LogP contribution in [-0.2, 0) is 4.74 Å². The Hall–Kier alpha value is -1.51. The van der Waals surface area contributed by atoms with Gasteiger partial charge < -0.3 is 10.5 Å². The van der Waals surface area contributed by atoms with E-state index in [1.54, 1.807) is 6.07 Å². The number of hydrogen-bond donors (Lipinski definition) is 1. The number of nitrogen functional groups attached to an aromatic ring is 1. The van der Waals surface area contributed by atoms with Crippen molar-refractivity contribution in [3.63, 3.8) is 0 Å². The highest BCUT2D eigenvalue weighted by molar-refractivity contribution is 5.96. The second kappa shape index (κ2) is 7.93. The summed E-state index contributed by atoms with van der Waals surface area (Å²) in [6.45, 7) is 8.14. The van der Waals surface area contributed by atoms with E-state index in [9.17, 15) is 4.79 Å². The predicted molar refractivity (Wildman–Crippen MR) is 84.0 cm³/mol. The highest BCUT2D eigenvalue weighted by atomic mass is 16.5. The summed E-state index contributed by atoms with van der Waals surface area (Å²) in [5, 5.41) is 0. The van der Waals surface area contributed by atoms with E-state index in [0.717, 1.165) is 30.4 Å². The maximum atomic E-state index is 12.2. The van der Waals surface area contributed by atoms with Crippen LogP contribution in [0, 0.1) is 13.8 Å². The molecule has 1 atom stereocenters. The highest BCUT2D eigenvalue weighted by Gasteiger charge is 2.17. The lowest BCUT2D eigenvalue weighted by atomic mass is 10.0. The Morgan fingerprint density at radius 2 is 1.95 bits per heavy atom. The summed E-state index contributed by atoms with van der Waals surface area (Å²) in [6, 6.07) is 3.68. The third-order valence-electron chi connectivity index (χ3n) is 3.86. The predicted octanol–water partition coefficient (Wildman–Crippen LogP) is 4.40. The number of unbranched alkanes of at least 4 members (excludes halogenated alkanes) is 2. The largest absolute Gasteiger partial charge is 0.459 e. The molecule has 0 heterocycles. The molecule has 0 aliphatic rings. The quantitative estimate of drug-likeness (QED) is 0.456. The normalized spacial score (nSPS) is 12.2. The van der Waals surface area contributed by atoms with Crippen molar-refractivity contribution < 1.29 is 9.53 Å². The molecule has 20 heavy (non-hydrogen) atoms. The molecule has 0 radical (unpaired) electrons. The van der Waals surface area contributed by atoms with Crippen molar-refractivity contribution in [1.29, 1.82) is 0 Å². The van der Waals surface area contributed by atoms with Gasteiger partial charge in [-0.05, 0) is 50.3 Å². The number of ether oxygens (including phenoxy) is 1. The Kier molecular flexibility index (Phi) is 6.56. The molecule has 2 N–H and O–H groups in total. The summed E-state index contributed by atoms with van der Waals surface area (Å²) in [4.78, 5) is 12.2. The Bertz CT molecular complexity index is 455. The fraction of sp³-hybridized carbons (Fsp3) is 0.588. The van der Waals surface area contributed by atoms with Crippen LogP contribution in [0.2, 0.25) is 0 Å². The van der Waals surface area contributed by atoms with Crippen molar-refractivity contribution in [2.45, 2.75) is 65.9 Å². The highest BCUT2D eigenvalue weighted by Crippen LogP contribution is 2.22. The Balaban J connectivity index is 2.72. The summed E-state index contributed by atoms with van der Waals surface area (Å²) in [5.74, 6) is -0.297. The van der Waals surface area contributed by atoms with Gasteiger partial charge in [-0.1, -0.05) is 32.8 Å². The Morgan fingerprint density at radius 1 is 1.25 bits per heavy atom. The third-order valence-corrected chi connectivity index (χ3v) is 3.86. The number of carbonyl (C=O) groups excluding carboxylic acids is 1. The molecule has 0 aliphatic carbocycles. The van der Waals surface area contributed by atoms with Crippen LogP contribution in [0.25, 0.3) is 0 Å². The van der Waals surface area contributed by atoms with Gasteiger partial charge in [0.05, 0.1) is 5.56 Å². The number of carbonyl (C=O) groups is 1. The zero-order chi connectivity index (χ0) is 15.1. The molecule has 1 aromatic carbocycles. The van der Waals surface area contributed by atoms with Crippen LogP contribution in [0.5, 0.6) is 0 Å². The lowest BCUT2D eigenvalue weighted by Gasteiger charge is -2.17. The zero-order valence-electron chi connectivity index (χ0n) is 13.2. The van der Waals surface area contributed by atoms with Crippen LogP contribution < -0.4 is 5.73 Å². The molecule has 0 aromatic heterocycles. The molecule has 0 spiro atoms. The number of hydrogen-bond acceptors (Lipinski definition) is 3. The first kappa shape index (κ1) is 16.5. The van der Waals surface area contributed by atoms with Gasteiger partial charge >= 0.3 is 5.97 Å². The molecule has 0 fully saturated rings. The second-order valence-corrected chi connectivity index (χ2v) is 5.40. The van der Waals surface area contributed by atoms with Gasteiger partial charge in [0, 0.05) is 5.69 Å². The van der Waals surface area contributed by atoms with Gasteiger partial charge in [0.2, 0.25) is 0 Å². The molecule has 1 aromatic rings. The lowest BCUT2D eigenvalue weighted by molar-refractivity contribution is 0.0268. The van der Waals surface area contributed by atoms with Crippen LogP contribution in [0.3, 0.4) is 0 Å². The van der Waals surface area contributed by atoms with Gasteiger partial charge in [0.1, 0.15) is 6.10 Å². The van der Waals surface area contributed by atoms with E-state index < -0.39 is 0 Å². The molecule has 1 unspecified atom stereocenters. The SMILES string of the molecule is CCCCCC(CC)OC(=O)c1ccc(C)c(C)c1N. The minimum absolute atomic E-state index is 0.00457. The van der Waals surface area contributed by atoms with Gasteiger partial charge in [0.15, 0.2) is 0 Å². The van der Waals surface area contributed by atoms with Crippen molar-refractivity contribution in [2.75, 3.05) is 5.73 Å². The topological polar surface area (TPSA) is 52.3 Å². The van der Waals surface area contributed by atoms with E-state index in [1.807, 2.05) is 26.8 Å². The van der Waals surface area contributed by atoms with Gasteiger partial charge in [-0.3, -0.25) is 0 Å². The Labute approximate surface area is 122 Å². The third kappa shape index (κ3) is 4.26. The monoisotopic (exact) mass is 277 g/mol. The molecular formula is C17H27NO2. The molecule has 0 amide bonds. The van der Waals surface area contributed by atoms with E-state index in [2.05, 4.69) is 6.92 Å². The van der Waals surface area contributed by atoms with E-state index in [0.29, 0.717) is 11.3 Å². The number of esters is 1. The molecule has 3 heteroatoms.